The van der Waals surface area contributed by atoms with Gasteiger partial charge in [-0.15, -0.1) is 0 Å². The molecule has 4 nitrogen and oxygen atoms in total. The summed E-state index contributed by atoms with van der Waals surface area (Å²) in [7, 11) is 0. The summed E-state index contributed by atoms with van der Waals surface area (Å²) < 4.78 is 42.7. The number of hydrogen-bond donors (Lipinski definition) is 1. The molecule has 148 valence electrons. The normalized spacial score (nSPS) is 19.4. The second-order valence-corrected chi connectivity index (χ2v) is 8.10. The van der Waals surface area contributed by atoms with Crippen LogP contribution in [0.4, 0.5) is 13.2 Å². The molecule has 7 heteroatoms. The standard InChI is InChI=1S/C20H24F3NO3/c1-19(10-18(24)26,14-5-6-14)9-16(25)13-4-7-15(12-2-3-12)17(8-13)27-11-20(21,22)23/h4,7-8,12,14H,2-3,5-6,9-11H2,1H3,(H2,24,26)/t19-/m1/s1. The molecule has 3 rings (SSSR count). The fourth-order valence-corrected chi connectivity index (χ4v) is 3.72. The van der Waals surface area contributed by atoms with Crippen LogP contribution in [0.2, 0.25) is 0 Å². The number of ether oxygens (including phenoxy) is 1. The Kier molecular flexibility index (Phi) is 5.23. The molecule has 0 heterocycles. The molecule has 27 heavy (non-hydrogen) atoms. The monoisotopic (exact) mass is 383 g/mol. The molecule has 1 aromatic carbocycles. The number of primary amides is 1. The number of amides is 1. The van der Waals surface area contributed by atoms with Crippen molar-refractivity contribution in [2.45, 2.75) is 57.5 Å². The molecule has 0 spiro atoms. The maximum Gasteiger partial charge on any atom is 0.422 e. The van der Waals surface area contributed by atoms with E-state index < -0.39 is 24.1 Å². The van der Waals surface area contributed by atoms with Crippen LogP contribution in [0.1, 0.15) is 67.3 Å². The minimum atomic E-state index is -4.44. The predicted molar refractivity (Wildman–Crippen MR) is 93.6 cm³/mol. The van der Waals surface area contributed by atoms with Gasteiger partial charge in [-0.1, -0.05) is 19.1 Å². The third kappa shape index (κ3) is 5.23. The van der Waals surface area contributed by atoms with E-state index >= 15 is 0 Å². The molecule has 2 saturated carbocycles. The van der Waals surface area contributed by atoms with Gasteiger partial charge in [0.05, 0.1) is 0 Å². The lowest BCUT2D eigenvalue weighted by molar-refractivity contribution is -0.153. The number of benzene rings is 1. The molecule has 0 radical (unpaired) electrons. The second-order valence-electron chi connectivity index (χ2n) is 8.10. The maximum absolute atomic E-state index is 12.8. The molecule has 0 saturated heterocycles. The van der Waals surface area contributed by atoms with Gasteiger partial charge in [0, 0.05) is 18.4 Å². The highest BCUT2D eigenvalue weighted by molar-refractivity contribution is 5.97. The van der Waals surface area contributed by atoms with Crippen molar-refractivity contribution >= 4 is 11.7 Å². The highest BCUT2D eigenvalue weighted by Crippen LogP contribution is 2.50. The average molecular weight is 383 g/mol. The quantitative estimate of drug-likeness (QED) is 0.644. The number of alkyl halides is 3. The first-order valence-electron chi connectivity index (χ1n) is 9.22. The molecule has 2 N–H and O–H groups in total. The van der Waals surface area contributed by atoms with Crippen molar-refractivity contribution in [2.24, 2.45) is 17.1 Å². The van der Waals surface area contributed by atoms with Gasteiger partial charge in [0.15, 0.2) is 12.4 Å². The van der Waals surface area contributed by atoms with Crippen molar-refractivity contribution in [3.05, 3.63) is 29.3 Å². The molecule has 2 aliphatic carbocycles. The number of Topliss-reactive ketones (excluding diaryl/α,β-unsaturated/α-hetero) is 1. The third-order valence-corrected chi connectivity index (χ3v) is 5.45. The van der Waals surface area contributed by atoms with E-state index in [1.165, 1.54) is 6.07 Å². The van der Waals surface area contributed by atoms with Gasteiger partial charge in [-0.2, -0.15) is 13.2 Å². The molecule has 1 atom stereocenters. The van der Waals surface area contributed by atoms with Crippen molar-refractivity contribution in [2.75, 3.05) is 6.61 Å². The fourth-order valence-electron chi connectivity index (χ4n) is 3.72. The van der Waals surface area contributed by atoms with Crippen LogP contribution in [0.15, 0.2) is 18.2 Å². The lowest BCUT2D eigenvalue weighted by Gasteiger charge is -2.27. The Balaban J connectivity index is 1.78. The zero-order valence-electron chi connectivity index (χ0n) is 15.3. The van der Waals surface area contributed by atoms with Gasteiger partial charge in [0.2, 0.25) is 5.91 Å². The van der Waals surface area contributed by atoms with E-state index in [0.29, 0.717) is 5.56 Å². The first kappa shape index (κ1) is 19.7. The minimum absolute atomic E-state index is 0.126. The molecule has 1 aromatic rings. The molecule has 2 fully saturated rings. The van der Waals surface area contributed by atoms with Gasteiger partial charge >= 0.3 is 6.18 Å². The Labute approximate surface area is 156 Å². The first-order chi connectivity index (χ1) is 12.6. The molecular formula is C20H24F3NO3. The van der Waals surface area contributed by atoms with Crippen LogP contribution in [0.5, 0.6) is 5.75 Å². The van der Waals surface area contributed by atoms with Crippen LogP contribution in [0.3, 0.4) is 0 Å². The van der Waals surface area contributed by atoms with Crippen molar-refractivity contribution < 1.29 is 27.5 Å². The second kappa shape index (κ2) is 7.17. The molecule has 0 aromatic heterocycles. The van der Waals surface area contributed by atoms with E-state index in [0.717, 1.165) is 31.2 Å². The lowest BCUT2D eigenvalue weighted by atomic mass is 9.76. The molecule has 0 unspecified atom stereocenters. The Bertz CT molecular complexity index is 738. The van der Waals surface area contributed by atoms with Crippen molar-refractivity contribution in [3.8, 4) is 5.75 Å². The van der Waals surface area contributed by atoms with Gasteiger partial charge in [-0.25, -0.2) is 0 Å². The van der Waals surface area contributed by atoms with Crippen LogP contribution >= 0.6 is 0 Å². The molecule has 0 aliphatic heterocycles. The smallest absolute Gasteiger partial charge is 0.422 e. The zero-order chi connectivity index (χ0) is 19.8. The summed E-state index contributed by atoms with van der Waals surface area (Å²) in [6, 6.07) is 4.76. The number of hydrogen-bond acceptors (Lipinski definition) is 3. The van der Waals surface area contributed by atoms with Crippen molar-refractivity contribution in [3.63, 3.8) is 0 Å². The van der Waals surface area contributed by atoms with E-state index in [1.54, 1.807) is 12.1 Å². The van der Waals surface area contributed by atoms with E-state index in [-0.39, 0.29) is 36.2 Å². The first-order valence-corrected chi connectivity index (χ1v) is 9.22. The van der Waals surface area contributed by atoms with Gasteiger partial charge < -0.3 is 10.5 Å². The molecule has 1 amide bonds. The van der Waals surface area contributed by atoms with Crippen LogP contribution in [0, 0.1) is 11.3 Å². The van der Waals surface area contributed by atoms with Gasteiger partial charge in [0.1, 0.15) is 5.75 Å². The summed E-state index contributed by atoms with van der Waals surface area (Å²) in [6.45, 7) is 0.499. The summed E-state index contributed by atoms with van der Waals surface area (Å²) in [5.41, 5.74) is 5.87. The van der Waals surface area contributed by atoms with Crippen LogP contribution in [-0.2, 0) is 4.79 Å². The Morgan fingerprint density at radius 2 is 1.81 bits per heavy atom. The van der Waals surface area contributed by atoms with E-state index in [4.69, 9.17) is 10.5 Å². The summed E-state index contributed by atoms with van der Waals surface area (Å²) in [5.74, 6) is -0.0475. The molecule has 0 bridgehead atoms. The summed E-state index contributed by atoms with van der Waals surface area (Å²) in [4.78, 5) is 24.2. The summed E-state index contributed by atoms with van der Waals surface area (Å²) in [6.07, 6.45) is -0.437. The van der Waals surface area contributed by atoms with Crippen LogP contribution < -0.4 is 10.5 Å². The van der Waals surface area contributed by atoms with Crippen LogP contribution in [0.25, 0.3) is 0 Å². The predicted octanol–water partition coefficient (Wildman–Crippen LogP) is 4.37. The average Bonchev–Trinajstić information content (AvgIpc) is 3.44. The zero-order valence-corrected chi connectivity index (χ0v) is 15.3. The highest BCUT2D eigenvalue weighted by atomic mass is 19.4. The molecule has 2 aliphatic rings. The van der Waals surface area contributed by atoms with Crippen molar-refractivity contribution in [1.82, 2.24) is 0 Å². The van der Waals surface area contributed by atoms with Crippen molar-refractivity contribution in [1.29, 1.82) is 0 Å². The fraction of sp³-hybridized carbons (Fsp3) is 0.600. The number of carbonyl (C=O) groups excluding carboxylic acids is 2. The highest BCUT2D eigenvalue weighted by Gasteiger charge is 2.44. The number of halogens is 3. The SMILES string of the molecule is C[C@](CC(N)=O)(CC(=O)c1ccc(C2CC2)c(OCC(F)(F)F)c1)C1CC1. The number of nitrogens with two attached hydrogens (primary N) is 1. The number of rotatable bonds is 9. The Morgan fingerprint density at radius 1 is 1.15 bits per heavy atom. The van der Waals surface area contributed by atoms with Gasteiger partial charge in [-0.3, -0.25) is 9.59 Å². The minimum Gasteiger partial charge on any atom is -0.484 e. The maximum atomic E-state index is 12.8. The third-order valence-electron chi connectivity index (χ3n) is 5.45. The summed E-state index contributed by atoms with van der Waals surface area (Å²) in [5, 5.41) is 0. The number of carbonyl (C=O) groups is 2. The largest absolute Gasteiger partial charge is 0.484 e. The number of ketones is 1. The topological polar surface area (TPSA) is 69.4 Å². The molecular weight excluding hydrogens is 359 g/mol. The lowest BCUT2D eigenvalue weighted by Crippen LogP contribution is -2.30. The van der Waals surface area contributed by atoms with E-state index in [2.05, 4.69) is 0 Å². The summed E-state index contributed by atoms with van der Waals surface area (Å²) >= 11 is 0. The Morgan fingerprint density at radius 3 is 2.33 bits per heavy atom. The van der Waals surface area contributed by atoms with E-state index in [9.17, 15) is 22.8 Å². The van der Waals surface area contributed by atoms with Gasteiger partial charge in [-0.05, 0) is 54.6 Å². The van der Waals surface area contributed by atoms with E-state index in [1.807, 2.05) is 6.92 Å². The van der Waals surface area contributed by atoms with Gasteiger partial charge in [0.25, 0.3) is 0 Å². The van der Waals surface area contributed by atoms with Crippen LogP contribution in [-0.4, -0.2) is 24.5 Å². The Hall–Kier alpha value is -2.05.